The molecule has 0 radical (unpaired) electrons. The number of alkyl halides is 3. The molecule has 0 fully saturated rings. The Morgan fingerprint density at radius 2 is 1.89 bits per heavy atom. The Morgan fingerprint density at radius 3 is 2.54 bits per heavy atom. The van der Waals surface area contributed by atoms with Crippen molar-refractivity contribution in [3.8, 4) is 11.4 Å². The first-order chi connectivity index (χ1) is 16.4. The summed E-state index contributed by atoms with van der Waals surface area (Å²) in [5, 5.41) is 9.98. The van der Waals surface area contributed by atoms with Crippen LogP contribution in [0.1, 0.15) is 28.7 Å². The number of imidazole rings is 1. The lowest BCUT2D eigenvalue weighted by Crippen LogP contribution is -2.46. The second-order valence-electron chi connectivity index (χ2n) is 8.33. The summed E-state index contributed by atoms with van der Waals surface area (Å²) in [6.45, 7) is 2.48. The quantitative estimate of drug-likeness (QED) is 0.533. The number of aryl methyl sites for hydroxylation is 1. The Labute approximate surface area is 197 Å². The summed E-state index contributed by atoms with van der Waals surface area (Å²) in [5.74, 6) is -1.75. The van der Waals surface area contributed by atoms with Crippen molar-refractivity contribution in [1.29, 1.82) is 0 Å². The van der Waals surface area contributed by atoms with Crippen molar-refractivity contribution in [2.24, 2.45) is 0 Å². The zero-order chi connectivity index (χ0) is 25.5. The lowest BCUT2D eigenvalue weighted by Gasteiger charge is -2.31. The molecule has 1 aliphatic heterocycles. The van der Waals surface area contributed by atoms with Crippen molar-refractivity contribution in [3.05, 3.63) is 76.0 Å². The first kappa shape index (κ1) is 24.5. The number of rotatable bonds is 6. The lowest BCUT2D eigenvalue weighted by molar-refractivity contribution is -0.259. The molecule has 4 rings (SSSR count). The van der Waals surface area contributed by atoms with Crippen molar-refractivity contribution in [1.82, 2.24) is 19.0 Å². The number of hydrogen-bond acceptors (Lipinski definition) is 5. The van der Waals surface area contributed by atoms with E-state index in [0.29, 0.717) is 18.7 Å². The maximum absolute atomic E-state index is 13.6. The van der Waals surface area contributed by atoms with E-state index >= 15 is 0 Å². The monoisotopic (exact) mass is 494 g/mol. The van der Waals surface area contributed by atoms with E-state index in [-0.39, 0.29) is 43.2 Å². The van der Waals surface area contributed by atoms with Gasteiger partial charge in [-0.3, -0.25) is 9.59 Å². The fourth-order valence-electron chi connectivity index (χ4n) is 3.85. The van der Waals surface area contributed by atoms with E-state index in [0.717, 1.165) is 17.8 Å². The molecule has 1 aliphatic rings. The number of nitrogens with zero attached hydrogens (tertiary/aromatic N) is 4. The van der Waals surface area contributed by atoms with Gasteiger partial charge in [0, 0.05) is 24.8 Å². The van der Waals surface area contributed by atoms with Crippen molar-refractivity contribution >= 4 is 5.91 Å². The van der Waals surface area contributed by atoms with Gasteiger partial charge in [-0.15, -0.1) is 0 Å². The van der Waals surface area contributed by atoms with Crippen LogP contribution < -0.4 is 10.3 Å². The molecule has 1 aromatic carbocycles. The molecule has 3 aromatic rings. The minimum Gasteiger partial charge on any atom is -0.491 e. The van der Waals surface area contributed by atoms with Crippen molar-refractivity contribution < 1.29 is 32.2 Å². The van der Waals surface area contributed by atoms with Crippen LogP contribution >= 0.6 is 0 Å². The average molecular weight is 494 g/mol. The Hall–Kier alpha value is -3.67. The highest BCUT2D eigenvalue weighted by atomic mass is 19.4. The Kier molecular flexibility index (Phi) is 6.18. The molecule has 2 aromatic heterocycles. The van der Waals surface area contributed by atoms with Crippen LogP contribution in [-0.4, -0.2) is 55.9 Å². The molecule has 0 saturated carbocycles. The van der Waals surface area contributed by atoms with Gasteiger partial charge in [-0.2, -0.15) is 13.2 Å². The lowest BCUT2D eigenvalue weighted by atomic mass is 9.94. The molecule has 0 bridgehead atoms. The molecule has 0 saturated heterocycles. The van der Waals surface area contributed by atoms with Gasteiger partial charge in [-0.1, -0.05) is 0 Å². The van der Waals surface area contributed by atoms with Crippen LogP contribution in [0, 0.1) is 12.7 Å². The predicted octanol–water partition coefficient (Wildman–Crippen LogP) is 2.79. The highest BCUT2D eigenvalue weighted by Crippen LogP contribution is 2.42. The van der Waals surface area contributed by atoms with Gasteiger partial charge >= 0.3 is 6.18 Å². The number of halogens is 4. The van der Waals surface area contributed by atoms with Crippen molar-refractivity contribution in [2.45, 2.75) is 32.2 Å². The highest BCUT2D eigenvalue weighted by molar-refractivity contribution is 5.93. The Balaban J connectivity index is 1.49. The third kappa shape index (κ3) is 4.53. The molecule has 1 amide bonds. The van der Waals surface area contributed by atoms with E-state index in [9.17, 15) is 32.3 Å². The predicted molar refractivity (Wildman–Crippen MR) is 116 cm³/mol. The topological polar surface area (TPSA) is 89.6 Å². The number of pyridine rings is 1. The van der Waals surface area contributed by atoms with Crippen LogP contribution in [0.25, 0.3) is 5.69 Å². The Bertz CT molecular complexity index is 1330. The average Bonchev–Trinajstić information content (AvgIpc) is 3.21. The van der Waals surface area contributed by atoms with Crippen LogP contribution in [0.2, 0.25) is 0 Å². The van der Waals surface area contributed by atoms with Gasteiger partial charge in [0.1, 0.15) is 29.6 Å². The molecule has 1 unspecified atom stereocenters. The molecule has 1 N–H and O–H groups in total. The zero-order valence-corrected chi connectivity index (χ0v) is 18.8. The van der Waals surface area contributed by atoms with Crippen LogP contribution in [0.3, 0.4) is 0 Å². The fourth-order valence-corrected chi connectivity index (χ4v) is 3.85. The maximum Gasteiger partial charge on any atom is 0.421 e. The number of aliphatic hydroxyl groups is 1. The summed E-state index contributed by atoms with van der Waals surface area (Å²) in [4.78, 5) is 31.3. The number of fused-ring (bicyclic) bond motifs is 1. The van der Waals surface area contributed by atoms with Gasteiger partial charge in [0.05, 0.1) is 18.6 Å². The van der Waals surface area contributed by atoms with Crippen LogP contribution in [-0.2, 0) is 12.1 Å². The molecular weight excluding hydrogens is 472 g/mol. The summed E-state index contributed by atoms with van der Waals surface area (Å²) in [5.41, 5.74) is -3.21. The van der Waals surface area contributed by atoms with E-state index in [1.165, 1.54) is 27.9 Å². The molecule has 0 aliphatic carbocycles. The normalized spacial score (nSPS) is 15.6. The van der Waals surface area contributed by atoms with Crippen LogP contribution in [0.4, 0.5) is 17.6 Å². The first-order valence-corrected chi connectivity index (χ1v) is 10.7. The number of carbonyl (C=O) groups excluding carboxylic acids is 1. The zero-order valence-electron chi connectivity index (χ0n) is 18.8. The van der Waals surface area contributed by atoms with Crippen molar-refractivity contribution in [2.75, 3.05) is 19.7 Å². The van der Waals surface area contributed by atoms with E-state index in [2.05, 4.69) is 4.98 Å². The number of carbonyl (C=O) groups is 1. The third-order valence-corrected chi connectivity index (χ3v) is 5.88. The Morgan fingerprint density at radius 1 is 1.14 bits per heavy atom. The third-order valence-electron chi connectivity index (χ3n) is 5.88. The van der Waals surface area contributed by atoms with Crippen LogP contribution in [0.5, 0.6) is 5.75 Å². The molecule has 1 atom stereocenters. The molecule has 12 heteroatoms. The highest BCUT2D eigenvalue weighted by Gasteiger charge is 2.52. The SMILES string of the molecule is Cc1cn(-c2ccc3n(c2=O)CCN(CCOc2ccc(F)cc2C(C)(O)C(F)(F)F)C3=O)cn1. The number of ether oxygens (including phenoxy) is 1. The maximum atomic E-state index is 13.6. The minimum absolute atomic E-state index is 0.000464. The number of hydrogen-bond donors (Lipinski definition) is 1. The molecule has 186 valence electrons. The molecular formula is C23H22F4N4O4. The molecule has 8 nitrogen and oxygen atoms in total. The second kappa shape index (κ2) is 8.84. The van der Waals surface area contributed by atoms with Gasteiger partial charge in [0.2, 0.25) is 0 Å². The summed E-state index contributed by atoms with van der Waals surface area (Å²) in [6.07, 6.45) is -1.86. The molecule has 35 heavy (non-hydrogen) atoms. The number of benzene rings is 1. The molecule has 3 heterocycles. The van der Waals surface area contributed by atoms with E-state index in [1.807, 2.05) is 0 Å². The van der Waals surface area contributed by atoms with Crippen LogP contribution in [0.15, 0.2) is 47.7 Å². The van der Waals surface area contributed by atoms with E-state index in [4.69, 9.17) is 4.74 Å². The van der Waals surface area contributed by atoms with Gasteiger partial charge in [0.25, 0.3) is 11.5 Å². The van der Waals surface area contributed by atoms with Gasteiger partial charge in [-0.25, -0.2) is 9.37 Å². The number of amides is 1. The van der Waals surface area contributed by atoms with Crippen molar-refractivity contribution in [3.63, 3.8) is 0 Å². The largest absolute Gasteiger partial charge is 0.491 e. The van der Waals surface area contributed by atoms with Gasteiger partial charge < -0.3 is 23.9 Å². The fraction of sp³-hybridized carbons (Fsp3) is 0.348. The summed E-state index contributed by atoms with van der Waals surface area (Å²) in [6, 6.07) is 5.53. The first-order valence-electron chi connectivity index (χ1n) is 10.7. The number of aromatic nitrogens is 3. The van der Waals surface area contributed by atoms with E-state index < -0.39 is 29.1 Å². The minimum atomic E-state index is -5.06. The summed E-state index contributed by atoms with van der Waals surface area (Å²) < 4.78 is 61.9. The second-order valence-corrected chi connectivity index (χ2v) is 8.33. The smallest absolute Gasteiger partial charge is 0.421 e. The van der Waals surface area contributed by atoms with Gasteiger partial charge in [-0.05, 0) is 44.2 Å². The molecule has 0 spiro atoms. The standard InChI is InChI=1S/C23H22F4N4O4/c1-14-12-30(13-28-14)17-4-5-18-20(32)29(7-8-31(18)21(17)33)9-10-35-19-6-3-15(24)11-16(19)22(2,34)23(25,26)27/h3-6,11-13,34H,7-10H2,1-2H3. The summed E-state index contributed by atoms with van der Waals surface area (Å²) in [7, 11) is 0. The van der Waals surface area contributed by atoms with Gasteiger partial charge in [0.15, 0.2) is 5.60 Å². The summed E-state index contributed by atoms with van der Waals surface area (Å²) >= 11 is 0. The van der Waals surface area contributed by atoms with E-state index in [1.54, 1.807) is 17.7 Å².